The molecule has 1 fully saturated rings. The molecule has 1 aromatic heterocycles. The number of hydrogen-bond acceptors (Lipinski definition) is 2. The van der Waals surface area contributed by atoms with Crippen LogP contribution >= 0.6 is 0 Å². The van der Waals surface area contributed by atoms with Gasteiger partial charge in [-0.3, -0.25) is 9.59 Å². The summed E-state index contributed by atoms with van der Waals surface area (Å²) in [4.78, 5) is 30.3. The first-order chi connectivity index (χ1) is 14.8. The Kier molecular flexibility index (Phi) is 5.91. The van der Waals surface area contributed by atoms with Crippen LogP contribution in [0.1, 0.15) is 63.8 Å². The van der Waals surface area contributed by atoms with E-state index in [2.05, 4.69) is 4.57 Å². The summed E-state index contributed by atoms with van der Waals surface area (Å²) in [5, 5.41) is 0. The Morgan fingerprint density at radius 1 is 1.06 bits per heavy atom. The molecule has 2 aliphatic rings. The van der Waals surface area contributed by atoms with E-state index in [0.29, 0.717) is 18.7 Å². The zero-order valence-electron chi connectivity index (χ0n) is 18.7. The number of aromatic nitrogens is 1. The fourth-order valence-corrected chi connectivity index (χ4v) is 4.94. The average Bonchev–Trinajstić information content (AvgIpc) is 3.42. The molecule has 0 spiro atoms. The maximum absolute atomic E-state index is 14.8. The van der Waals surface area contributed by atoms with Crippen LogP contribution in [0.5, 0.6) is 0 Å². The maximum Gasteiger partial charge on any atom is 0.243 e. The van der Waals surface area contributed by atoms with Gasteiger partial charge in [0.15, 0.2) is 0 Å². The number of carbonyl (C=O) groups is 2. The molecule has 6 heteroatoms. The minimum atomic E-state index is -0.499. The lowest BCUT2D eigenvalue weighted by atomic mass is 9.98. The first kappa shape index (κ1) is 21.6. The predicted molar refractivity (Wildman–Crippen MR) is 118 cm³/mol. The van der Waals surface area contributed by atoms with Gasteiger partial charge in [0.2, 0.25) is 11.8 Å². The molecule has 1 aliphatic heterocycles. The van der Waals surface area contributed by atoms with Crippen molar-refractivity contribution in [3.05, 3.63) is 59.7 Å². The molecule has 31 heavy (non-hydrogen) atoms. The Balaban J connectivity index is 1.64. The highest BCUT2D eigenvalue weighted by Gasteiger charge is 2.38. The molecule has 0 bridgehead atoms. The molecule has 2 heterocycles. The van der Waals surface area contributed by atoms with Crippen LogP contribution in [0.2, 0.25) is 0 Å². The summed E-state index contributed by atoms with van der Waals surface area (Å²) >= 11 is 0. The van der Waals surface area contributed by atoms with Crippen molar-refractivity contribution in [1.29, 1.82) is 0 Å². The lowest BCUT2D eigenvalue weighted by Crippen LogP contribution is -2.54. The topological polar surface area (TPSA) is 45.6 Å². The van der Waals surface area contributed by atoms with Crippen molar-refractivity contribution < 1.29 is 14.0 Å². The monoisotopic (exact) mass is 425 g/mol. The van der Waals surface area contributed by atoms with E-state index in [1.54, 1.807) is 28.0 Å². The molecule has 5 nitrogen and oxygen atoms in total. The van der Waals surface area contributed by atoms with Gasteiger partial charge in [0.05, 0.1) is 0 Å². The lowest BCUT2D eigenvalue weighted by Gasteiger charge is -2.41. The normalized spacial score (nSPS) is 19.4. The number of benzene rings is 1. The second-order valence-electron chi connectivity index (χ2n) is 9.71. The Morgan fingerprint density at radius 3 is 2.45 bits per heavy atom. The minimum Gasteiger partial charge on any atom is -0.348 e. The van der Waals surface area contributed by atoms with Gasteiger partial charge in [-0.1, -0.05) is 31.0 Å². The Labute approximate surface area is 183 Å². The van der Waals surface area contributed by atoms with E-state index in [-0.39, 0.29) is 30.1 Å². The average molecular weight is 426 g/mol. The summed E-state index contributed by atoms with van der Waals surface area (Å²) in [5.41, 5.74) is 0.924. The zero-order chi connectivity index (χ0) is 22.2. The number of carbonyl (C=O) groups excluding carboxylic acids is 2. The number of fused-ring (bicyclic) bond motifs is 1. The number of amides is 2. The molecule has 4 rings (SSSR count). The van der Waals surface area contributed by atoms with Crippen molar-refractivity contribution >= 4 is 11.8 Å². The third-order valence-corrected chi connectivity index (χ3v) is 6.63. The van der Waals surface area contributed by atoms with Crippen molar-refractivity contribution in [3.63, 3.8) is 0 Å². The van der Waals surface area contributed by atoms with Gasteiger partial charge in [0.1, 0.15) is 18.4 Å². The first-order valence-electron chi connectivity index (χ1n) is 11.3. The van der Waals surface area contributed by atoms with Gasteiger partial charge in [0.25, 0.3) is 0 Å². The third-order valence-electron chi connectivity index (χ3n) is 6.63. The Morgan fingerprint density at radius 2 is 1.77 bits per heavy atom. The van der Waals surface area contributed by atoms with E-state index < -0.39 is 11.6 Å². The number of hydrogen-bond donors (Lipinski definition) is 0. The maximum atomic E-state index is 14.8. The second-order valence-corrected chi connectivity index (χ2v) is 9.71. The van der Waals surface area contributed by atoms with E-state index >= 15 is 0 Å². The molecule has 166 valence electrons. The van der Waals surface area contributed by atoms with E-state index in [1.807, 2.05) is 39.1 Å². The van der Waals surface area contributed by atoms with Crippen molar-refractivity contribution in [2.45, 2.75) is 64.6 Å². The highest BCUT2D eigenvalue weighted by atomic mass is 19.1. The van der Waals surface area contributed by atoms with Crippen LogP contribution in [-0.2, 0) is 16.1 Å². The Bertz CT molecular complexity index is 956. The highest BCUT2D eigenvalue weighted by molar-refractivity contribution is 5.87. The number of rotatable bonds is 4. The van der Waals surface area contributed by atoms with Crippen LogP contribution in [-0.4, -0.2) is 44.8 Å². The van der Waals surface area contributed by atoms with Crippen LogP contribution in [0, 0.1) is 11.7 Å². The standard InChI is InChI=1S/C25H32FN3O2/c1-25(2,3)29(24(31)18-9-4-5-10-18)17-22(30)28-16-15-27-14-8-13-21(27)23(28)19-11-6-7-12-20(19)26/h6-8,11-14,18,23H,4-5,9-10,15-17H2,1-3H3. The minimum absolute atomic E-state index is 0.00739. The SMILES string of the molecule is CC(C)(C)N(CC(=O)N1CCn2cccc2C1c1ccccc1F)C(=O)C1CCCC1. The summed E-state index contributed by atoms with van der Waals surface area (Å²) < 4.78 is 16.9. The predicted octanol–water partition coefficient (Wildman–Crippen LogP) is 4.38. The third kappa shape index (κ3) is 4.25. The number of nitrogens with zero attached hydrogens (tertiary/aromatic N) is 3. The van der Waals surface area contributed by atoms with Crippen molar-refractivity contribution in [3.8, 4) is 0 Å². The molecule has 1 saturated carbocycles. The fraction of sp³-hybridized carbons (Fsp3) is 0.520. The van der Waals surface area contributed by atoms with Crippen LogP contribution in [0.4, 0.5) is 4.39 Å². The van der Waals surface area contributed by atoms with Gasteiger partial charge in [-0.25, -0.2) is 4.39 Å². The molecule has 0 radical (unpaired) electrons. The van der Waals surface area contributed by atoms with Crippen LogP contribution in [0.3, 0.4) is 0 Å². The first-order valence-corrected chi connectivity index (χ1v) is 11.3. The van der Waals surface area contributed by atoms with E-state index in [4.69, 9.17) is 0 Å². The summed E-state index contributed by atoms with van der Waals surface area (Å²) in [6, 6.07) is 10.0. The Hall–Kier alpha value is -2.63. The molecule has 1 atom stereocenters. The van der Waals surface area contributed by atoms with Gasteiger partial charge in [-0.15, -0.1) is 0 Å². The van der Waals surface area contributed by atoms with Crippen molar-refractivity contribution in [2.24, 2.45) is 5.92 Å². The smallest absolute Gasteiger partial charge is 0.243 e. The lowest BCUT2D eigenvalue weighted by molar-refractivity contribution is -0.148. The molecule has 0 saturated heterocycles. The number of halogens is 1. The van der Waals surface area contributed by atoms with Gasteiger partial charge in [0, 0.05) is 42.0 Å². The van der Waals surface area contributed by atoms with Gasteiger partial charge in [-0.05, 0) is 51.8 Å². The molecule has 1 aliphatic carbocycles. The van der Waals surface area contributed by atoms with E-state index in [1.165, 1.54) is 6.07 Å². The van der Waals surface area contributed by atoms with Crippen LogP contribution in [0.15, 0.2) is 42.6 Å². The van der Waals surface area contributed by atoms with Gasteiger partial charge >= 0.3 is 0 Å². The fourth-order valence-electron chi connectivity index (χ4n) is 4.94. The molecule has 1 unspecified atom stereocenters. The zero-order valence-corrected chi connectivity index (χ0v) is 18.7. The van der Waals surface area contributed by atoms with E-state index in [0.717, 1.165) is 31.4 Å². The molecule has 1 aromatic carbocycles. The quantitative estimate of drug-likeness (QED) is 0.730. The molecule has 2 aromatic rings. The summed E-state index contributed by atoms with van der Waals surface area (Å²) in [7, 11) is 0. The van der Waals surface area contributed by atoms with Crippen molar-refractivity contribution in [1.82, 2.24) is 14.4 Å². The van der Waals surface area contributed by atoms with Gasteiger partial charge in [-0.2, -0.15) is 0 Å². The molecule has 2 amide bonds. The van der Waals surface area contributed by atoms with E-state index in [9.17, 15) is 14.0 Å². The molecular weight excluding hydrogens is 393 g/mol. The molecular formula is C25H32FN3O2. The van der Waals surface area contributed by atoms with Crippen LogP contribution < -0.4 is 0 Å². The summed E-state index contributed by atoms with van der Waals surface area (Å²) in [6.45, 7) is 7.08. The van der Waals surface area contributed by atoms with Gasteiger partial charge < -0.3 is 14.4 Å². The molecule has 0 N–H and O–H groups in total. The largest absolute Gasteiger partial charge is 0.348 e. The summed E-state index contributed by atoms with van der Waals surface area (Å²) in [6.07, 6.45) is 5.90. The van der Waals surface area contributed by atoms with Crippen LogP contribution in [0.25, 0.3) is 0 Å². The second kappa shape index (κ2) is 8.48. The summed E-state index contributed by atoms with van der Waals surface area (Å²) in [5.74, 6) is -0.384. The van der Waals surface area contributed by atoms with Crippen molar-refractivity contribution in [2.75, 3.05) is 13.1 Å². The highest BCUT2D eigenvalue weighted by Crippen LogP contribution is 2.35.